The minimum Gasteiger partial charge on any atom is -0.507 e. The number of carbonyl (C=O) groups is 1. The van der Waals surface area contributed by atoms with E-state index in [-0.39, 0.29) is 24.1 Å². The summed E-state index contributed by atoms with van der Waals surface area (Å²) in [4.78, 5) is 12.0. The molecule has 1 aliphatic heterocycles. The second-order valence-electron chi connectivity index (χ2n) is 5.64. The van der Waals surface area contributed by atoms with Gasteiger partial charge in [0, 0.05) is 28.0 Å². The lowest BCUT2D eigenvalue weighted by atomic mass is 9.83. The first-order valence-electron chi connectivity index (χ1n) is 7.34. The Kier molecular flexibility index (Phi) is 3.24. The Labute approximate surface area is 138 Å². The zero-order valence-corrected chi connectivity index (χ0v) is 12.9. The van der Waals surface area contributed by atoms with Crippen molar-refractivity contribution in [1.29, 1.82) is 0 Å². The Bertz CT molecular complexity index is 916. The van der Waals surface area contributed by atoms with Crippen molar-refractivity contribution in [2.24, 2.45) is 0 Å². The number of esters is 1. The maximum Gasteiger partial charge on any atom is 0.312 e. The molecule has 4 rings (SSSR count). The van der Waals surface area contributed by atoms with Gasteiger partial charge in [0.2, 0.25) is 0 Å². The minimum atomic E-state index is -0.299. The molecule has 0 amide bonds. The summed E-state index contributed by atoms with van der Waals surface area (Å²) < 4.78 is 5.37. The molecule has 23 heavy (non-hydrogen) atoms. The van der Waals surface area contributed by atoms with Crippen LogP contribution in [0.5, 0.6) is 11.5 Å². The van der Waals surface area contributed by atoms with Gasteiger partial charge in [-0.2, -0.15) is 0 Å². The van der Waals surface area contributed by atoms with E-state index in [1.807, 2.05) is 48.5 Å². The summed E-state index contributed by atoms with van der Waals surface area (Å²) in [5, 5.41) is 12.5. The van der Waals surface area contributed by atoms with Gasteiger partial charge in [0.25, 0.3) is 0 Å². The highest BCUT2D eigenvalue weighted by atomic mass is 35.5. The Balaban J connectivity index is 2.00. The molecule has 0 aromatic heterocycles. The van der Waals surface area contributed by atoms with Crippen molar-refractivity contribution in [2.45, 2.75) is 12.3 Å². The summed E-state index contributed by atoms with van der Waals surface area (Å²) in [6, 6.07) is 16.6. The van der Waals surface area contributed by atoms with Crippen molar-refractivity contribution >= 4 is 28.3 Å². The molecule has 3 aromatic carbocycles. The van der Waals surface area contributed by atoms with Crippen LogP contribution in [-0.4, -0.2) is 11.1 Å². The molecule has 0 bridgehead atoms. The topological polar surface area (TPSA) is 46.5 Å². The van der Waals surface area contributed by atoms with Gasteiger partial charge in [-0.1, -0.05) is 48.0 Å². The summed E-state index contributed by atoms with van der Waals surface area (Å²) in [5.41, 5.74) is 1.93. The van der Waals surface area contributed by atoms with Gasteiger partial charge < -0.3 is 9.84 Å². The highest BCUT2D eigenvalue weighted by Crippen LogP contribution is 2.45. The molecule has 1 atom stereocenters. The zero-order valence-electron chi connectivity index (χ0n) is 12.1. The third kappa shape index (κ3) is 2.34. The predicted octanol–water partition coefficient (Wildman–Crippen LogP) is 4.64. The number of hydrogen-bond donors (Lipinski definition) is 1. The summed E-state index contributed by atoms with van der Waals surface area (Å²) in [7, 11) is 0. The molecular formula is C19H13ClO3. The minimum absolute atomic E-state index is 0.115. The summed E-state index contributed by atoms with van der Waals surface area (Å²) in [5.74, 6) is 0.127. The number of rotatable bonds is 1. The molecule has 4 heteroatoms. The van der Waals surface area contributed by atoms with E-state index in [1.165, 1.54) is 6.07 Å². The van der Waals surface area contributed by atoms with Gasteiger partial charge in [0.1, 0.15) is 11.5 Å². The Morgan fingerprint density at radius 3 is 2.48 bits per heavy atom. The first-order valence-corrected chi connectivity index (χ1v) is 7.72. The van der Waals surface area contributed by atoms with Gasteiger partial charge in [-0.15, -0.1) is 0 Å². The van der Waals surface area contributed by atoms with Crippen LogP contribution in [0.4, 0.5) is 0 Å². The molecule has 0 fully saturated rings. The normalized spacial score (nSPS) is 16.9. The molecular weight excluding hydrogens is 312 g/mol. The van der Waals surface area contributed by atoms with Crippen LogP contribution in [0, 0.1) is 0 Å². The van der Waals surface area contributed by atoms with E-state index in [1.54, 1.807) is 0 Å². The average Bonchev–Trinajstić information content (AvgIpc) is 2.55. The van der Waals surface area contributed by atoms with E-state index in [9.17, 15) is 9.90 Å². The SMILES string of the molecule is O=C1CC(c2ccc(Cl)cc2)c2c(cc(O)c3ccccc23)O1. The third-order valence-corrected chi connectivity index (χ3v) is 4.49. The molecule has 1 N–H and O–H groups in total. The summed E-state index contributed by atoms with van der Waals surface area (Å²) in [6.07, 6.45) is 0.267. The molecule has 1 unspecified atom stereocenters. The van der Waals surface area contributed by atoms with Crippen molar-refractivity contribution in [2.75, 3.05) is 0 Å². The summed E-state index contributed by atoms with van der Waals surface area (Å²) >= 11 is 5.97. The maximum atomic E-state index is 12.0. The van der Waals surface area contributed by atoms with Gasteiger partial charge in [-0.3, -0.25) is 4.79 Å². The average molecular weight is 325 g/mol. The number of aromatic hydroxyl groups is 1. The van der Waals surface area contributed by atoms with E-state index in [0.717, 1.165) is 21.9 Å². The number of carbonyl (C=O) groups excluding carboxylic acids is 1. The molecule has 0 saturated heterocycles. The largest absolute Gasteiger partial charge is 0.507 e. The maximum absolute atomic E-state index is 12.0. The van der Waals surface area contributed by atoms with Crippen LogP contribution in [0.25, 0.3) is 10.8 Å². The number of fused-ring (bicyclic) bond motifs is 3. The summed E-state index contributed by atoms with van der Waals surface area (Å²) in [6.45, 7) is 0. The molecule has 0 spiro atoms. The van der Waals surface area contributed by atoms with Crippen LogP contribution in [0.2, 0.25) is 5.02 Å². The van der Waals surface area contributed by atoms with Gasteiger partial charge >= 0.3 is 5.97 Å². The van der Waals surface area contributed by atoms with Crippen molar-refractivity contribution in [3.8, 4) is 11.5 Å². The molecule has 3 nitrogen and oxygen atoms in total. The number of ether oxygens (including phenoxy) is 1. The standard InChI is InChI=1S/C19H13ClO3/c20-12-7-5-11(6-8-12)15-9-18(22)23-17-10-16(21)13-3-1-2-4-14(13)19(15)17/h1-8,10,15,21H,9H2. The van der Waals surface area contributed by atoms with Crippen molar-refractivity contribution in [1.82, 2.24) is 0 Å². The number of phenols is 1. The van der Waals surface area contributed by atoms with Crippen molar-refractivity contribution < 1.29 is 14.6 Å². The van der Waals surface area contributed by atoms with E-state index < -0.39 is 0 Å². The molecule has 0 saturated carbocycles. The fourth-order valence-electron chi connectivity index (χ4n) is 3.21. The number of benzene rings is 3. The van der Waals surface area contributed by atoms with Crippen molar-refractivity contribution in [3.63, 3.8) is 0 Å². The van der Waals surface area contributed by atoms with Gasteiger partial charge in [0.05, 0.1) is 6.42 Å². The van der Waals surface area contributed by atoms with E-state index in [0.29, 0.717) is 10.8 Å². The van der Waals surface area contributed by atoms with Crippen LogP contribution < -0.4 is 4.74 Å². The predicted molar refractivity (Wildman–Crippen MR) is 89.2 cm³/mol. The Morgan fingerprint density at radius 2 is 1.74 bits per heavy atom. The monoisotopic (exact) mass is 324 g/mol. The van der Waals surface area contributed by atoms with Crippen LogP contribution in [0.3, 0.4) is 0 Å². The second kappa shape index (κ2) is 5.28. The fourth-order valence-corrected chi connectivity index (χ4v) is 3.34. The lowest BCUT2D eigenvalue weighted by Gasteiger charge is -2.27. The quantitative estimate of drug-likeness (QED) is 0.524. The molecule has 114 valence electrons. The van der Waals surface area contributed by atoms with E-state index in [4.69, 9.17) is 16.3 Å². The first-order chi connectivity index (χ1) is 11.1. The molecule has 3 aromatic rings. The highest BCUT2D eigenvalue weighted by Gasteiger charge is 2.31. The van der Waals surface area contributed by atoms with Gasteiger partial charge in [-0.05, 0) is 23.1 Å². The third-order valence-electron chi connectivity index (χ3n) is 4.24. The lowest BCUT2D eigenvalue weighted by Crippen LogP contribution is -2.21. The molecule has 1 heterocycles. The Hall–Kier alpha value is -2.52. The van der Waals surface area contributed by atoms with Crippen molar-refractivity contribution in [3.05, 3.63) is 70.7 Å². The first kappa shape index (κ1) is 14.1. The number of phenolic OH excluding ortho intramolecular Hbond substituents is 1. The fraction of sp³-hybridized carbons (Fsp3) is 0.105. The van der Waals surface area contributed by atoms with E-state index in [2.05, 4.69) is 0 Å². The number of halogens is 1. The van der Waals surface area contributed by atoms with Gasteiger partial charge in [-0.25, -0.2) is 0 Å². The number of hydrogen-bond acceptors (Lipinski definition) is 3. The van der Waals surface area contributed by atoms with E-state index >= 15 is 0 Å². The smallest absolute Gasteiger partial charge is 0.312 e. The zero-order chi connectivity index (χ0) is 16.0. The lowest BCUT2D eigenvalue weighted by molar-refractivity contribution is -0.135. The van der Waals surface area contributed by atoms with Crippen LogP contribution in [-0.2, 0) is 4.79 Å². The van der Waals surface area contributed by atoms with Gasteiger partial charge in [0.15, 0.2) is 0 Å². The second-order valence-corrected chi connectivity index (χ2v) is 6.07. The molecule has 0 aliphatic carbocycles. The molecule has 1 aliphatic rings. The van der Waals surface area contributed by atoms with Crippen LogP contribution in [0.15, 0.2) is 54.6 Å². The molecule has 0 radical (unpaired) electrons. The van der Waals surface area contributed by atoms with Crippen LogP contribution >= 0.6 is 11.6 Å². The van der Waals surface area contributed by atoms with Crippen LogP contribution in [0.1, 0.15) is 23.5 Å². The Morgan fingerprint density at radius 1 is 1.04 bits per heavy atom. The highest BCUT2D eigenvalue weighted by molar-refractivity contribution is 6.30.